The summed E-state index contributed by atoms with van der Waals surface area (Å²) in [5.41, 5.74) is 3.03. The van der Waals surface area contributed by atoms with E-state index in [1.165, 1.54) is 0 Å². The van der Waals surface area contributed by atoms with Crippen molar-refractivity contribution in [1.82, 2.24) is 14.8 Å². The first-order valence-electron chi connectivity index (χ1n) is 6.53. The molecule has 1 heterocycles. The lowest BCUT2D eigenvalue weighted by Crippen LogP contribution is -2.02. The van der Waals surface area contributed by atoms with E-state index in [4.69, 9.17) is 11.6 Å². The van der Waals surface area contributed by atoms with E-state index >= 15 is 0 Å². The summed E-state index contributed by atoms with van der Waals surface area (Å²) in [4.78, 5) is 0. The minimum atomic E-state index is 0.633. The molecule has 3 nitrogen and oxygen atoms in total. The van der Waals surface area contributed by atoms with Crippen LogP contribution in [0.2, 0.25) is 5.02 Å². The molecule has 0 spiro atoms. The fourth-order valence-corrected chi connectivity index (χ4v) is 2.81. The molecule has 0 saturated carbocycles. The second kappa shape index (κ2) is 6.00. The average Bonchev–Trinajstić information content (AvgIpc) is 2.94. The third-order valence-electron chi connectivity index (χ3n) is 3.37. The molecule has 0 aliphatic carbocycles. The fraction of sp³-hybridized carbons (Fsp3) is 0.125. The predicted octanol–water partition coefficient (Wildman–Crippen LogP) is 4.79. The van der Waals surface area contributed by atoms with Crippen LogP contribution in [0.4, 0.5) is 0 Å². The van der Waals surface area contributed by atoms with Gasteiger partial charge in [-0.15, -0.1) is 10.2 Å². The highest BCUT2D eigenvalue weighted by molar-refractivity contribution is 9.08. The Balaban J connectivity index is 2.25. The zero-order valence-corrected chi connectivity index (χ0v) is 13.8. The van der Waals surface area contributed by atoms with Gasteiger partial charge in [0.1, 0.15) is 5.82 Å². The van der Waals surface area contributed by atoms with Gasteiger partial charge in [-0.1, -0.05) is 57.9 Å². The zero-order chi connectivity index (χ0) is 14.8. The molecule has 0 radical (unpaired) electrons. The van der Waals surface area contributed by atoms with Crippen LogP contribution in [0.1, 0.15) is 11.4 Å². The molecule has 0 atom stereocenters. The van der Waals surface area contributed by atoms with Crippen molar-refractivity contribution in [3.8, 4) is 17.1 Å². The summed E-state index contributed by atoms with van der Waals surface area (Å²) in [5.74, 6) is 1.66. The number of rotatable bonds is 3. The molecule has 0 saturated heterocycles. The minimum Gasteiger partial charge on any atom is -0.278 e. The normalized spacial score (nSPS) is 10.8. The van der Waals surface area contributed by atoms with Crippen LogP contribution in [-0.2, 0) is 5.33 Å². The summed E-state index contributed by atoms with van der Waals surface area (Å²) in [6.07, 6.45) is 0. The summed E-state index contributed by atoms with van der Waals surface area (Å²) < 4.78 is 2.05. The van der Waals surface area contributed by atoms with E-state index in [1.54, 1.807) is 0 Å². The maximum atomic E-state index is 6.24. The van der Waals surface area contributed by atoms with E-state index in [9.17, 15) is 0 Å². The molecule has 2 aromatic carbocycles. The molecule has 1 aromatic heterocycles. The van der Waals surface area contributed by atoms with Gasteiger partial charge in [0.2, 0.25) is 0 Å². The summed E-state index contributed by atoms with van der Waals surface area (Å²) in [6.45, 7) is 2.00. The topological polar surface area (TPSA) is 30.7 Å². The maximum Gasteiger partial charge on any atom is 0.168 e. The van der Waals surface area contributed by atoms with Gasteiger partial charge >= 0.3 is 0 Å². The van der Waals surface area contributed by atoms with Crippen molar-refractivity contribution < 1.29 is 0 Å². The van der Waals surface area contributed by atoms with Crippen molar-refractivity contribution in [2.24, 2.45) is 0 Å². The van der Waals surface area contributed by atoms with Crippen molar-refractivity contribution in [2.75, 3.05) is 0 Å². The number of halogens is 2. The smallest absolute Gasteiger partial charge is 0.168 e. The van der Waals surface area contributed by atoms with Crippen LogP contribution < -0.4 is 0 Å². The van der Waals surface area contributed by atoms with E-state index in [-0.39, 0.29) is 0 Å². The zero-order valence-electron chi connectivity index (χ0n) is 11.4. The average molecular weight is 363 g/mol. The number of benzene rings is 2. The predicted molar refractivity (Wildman–Crippen MR) is 89.2 cm³/mol. The molecule has 0 aliphatic rings. The summed E-state index contributed by atoms with van der Waals surface area (Å²) in [7, 11) is 0. The van der Waals surface area contributed by atoms with Gasteiger partial charge in [0, 0.05) is 16.3 Å². The molecule has 0 aliphatic heterocycles. The Kier molecular flexibility index (Phi) is 4.08. The van der Waals surface area contributed by atoms with Crippen molar-refractivity contribution in [1.29, 1.82) is 0 Å². The van der Waals surface area contributed by atoms with Gasteiger partial charge in [0.15, 0.2) is 5.82 Å². The van der Waals surface area contributed by atoms with Crippen LogP contribution in [0.15, 0.2) is 48.5 Å². The molecule has 0 fully saturated rings. The van der Waals surface area contributed by atoms with Crippen molar-refractivity contribution >= 4 is 27.5 Å². The van der Waals surface area contributed by atoms with Gasteiger partial charge < -0.3 is 0 Å². The third-order valence-corrected chi connectivity index (χ3v) is 4.28. The first kappa shape index (κ1) is 14.3. The van der Waals surface area contributed by atoms with Crippen LogP contribution in [0, 0.1) is 6.92 Å². The first-order chi connectivity index (χ1) is 10.2. The quantitative estimate of drug-likeness (QED) is 0.627. The number of para-hydroxylation sites is 1. The van der Waals surface area contributed by atoms with Gasteiger partial charge in [-0.25, -0.2) is 0 Å². The van der Waals surface area contributed by atoms with E-state index < -0.39 is 0 Å². The lowest BCUT2D eigenvalue weighted by molar-refractivity contribution is 0.962. The molecular formula is C16H13BrClN3. The van der Waals surface area contributed by atoms with Crippen LogP contribution in [0.25, 0.3) is 17.1 Å². The van der Waals surface area contributed by atoms with E-state index in [0.717, 1.165) is 33.5 Å². The van der Waals surface area contributed by atoms with Gasteiger partial charge in [-0.2, -0.15) is 0 Å². The second-order valence-electron chi connectivity index (χ2n) is 4.66. The van der Waals surface area contributed by atoms with E-state index in [2.05, 4.69) is 26.1 Å². The fourth-order valence-electron chi connectivity index (χ4n) is 2.28. The number of aromatic nitrogens is 3. The van der Waals surface area contributed by atoms with Gasteiger partial charge in [-0.3, -0.25) is 4.57 Å². The van der Waals surface area contributed by atoms with Crippen molar-refractivity contribution in [3.63, 3.8) is 0 Å². The number of hydrogen-bond donors (Lipinski definition) is 0. The van der Waals surface area contributed by atoms with Crippen LogP contribution in [0.5, 0.6) is 0 Å². The van der Waals surface area contributed by atoms with Crippen LogP contribution in [-0.4, -0.2) is 14.8 Å². The Morgan fingerprint density at radius 1 is 1.05 bits per heavy atom. The molecule has 21 heavy (non-hydrogen) atoms. The highest BCUT2D eigenvalue weighted by Gasteiger charge is 2.16. The molecule has 3 rings (SSSR count). The molecule has 0 bridgehead atoms. The van der Waals surface area contributed by atoms with Gasteiger partial charge in [0.05, 0.1) is 5.33 Å². The van der Waals surface area contributed by atoms with E-state index in [0.29, 0.717) is 5.33 Å². The largest absolute Gasteiger partial charge is 0.278 e. The molecule has 0 unspecified atom stereocenters. The SMILES string of the molecule is Cc1c(Cl)cccc1-c1nnc(CBr)n1-c1ccccc1. The van der Waals surface area contributed by atoms with Crippen molar-refractivity contribution in [3.05, 3.63) is 64.9 Å². The first-order valence-corrected chi connectivity index (χ1v) is 8.03. The molecule has 0 N–H and O–H groups in total. The summed E-state index contributed by atoms with van der Waals surface area (Å²) in [5, 5.41) is 10.0. The summed E-state index contributed by atoms with van der Waals surface area (Å²) >= 11 is 9.71. The molecular weight excluding hydrogens is 350 g/mol. The molecule has 0 amide bonds. The van der Waals surface area contributed by atoms with Gasteiger partial charge in [0.25, 0.3) is 0 Å². The standard InChI is InChI=1S/C16H13BrClN3/c1-11-13(8-5-9-14(11)18)16-20-19-15(10-17)21(16)12-6-3-2-4-7-12/h2-9H,10H2,1H3. The second-order valence-corrected chi connectivity index (χ2v) is 5.62. The maximum absolute atomic E-state index is 6.24. The molecule has 5 heteroatoms. The van der Waals surface area contributed by atoms with Crippen LogP contribution >= 0.6 is 27.5 Å². The monoisotopic (exact) mass is 361 g/mol. The number of alkyl halides is 1. The Hall–Kier alpha value is -1.65. The van der Waals surface area contributed by atoms with Crippen LogP contribution in [0.3, 0.4) is 0 Å². The third kappa shape index (κ3) is 2.61. The minimum absolute atomic E-state index is 0.633. The lowest BCUT2D eigenvalue weighted by atomic mass is 10.1. The number of nitrogens with zero attached hydrogens (tertiary/aromatic N) is 3. The molecule has 106 valence electrons. The molecule has 3 aromatic rings. The highest BCUT2D eigenvalue weighted by atomic mass is 79.9. The van der Waals surface area contributed by atoms with Crippen molar-refractivity contribution in [2.45, 2.75) is 12.3 Å². The Morgan fingerprint density at radius 2 is 1.81 bits per heavy atom. The Labute approximate surface area is 136 Å². The highest BCUT2D eigenvalue weighted by Crippen LogP contribution is 2.29. The Morgan fingerprint density at radius 3 is 2.52 bits per heavy atom. The van der Waals surface area contributed by atoms with E-state index in [1.807, 2.05) is 60.0 Å². The Bertz CT molecular complexity index is 768. The lowest BCUT2D eigenvalue weighted by Gasteiger charge is -2.11. The van der Waals surface area contributed by atoms with Gasteiger partial charge in [-0.05, 0) is 30.7 Å². The summed E-state index contributed by atoms with van der Waals surface area (Å²) in [6, 6.07) is 15.9. The number of hydrogen-bond acceptors (Lipinski definition) is 2.